The predicted molar refractivity (Wildman–Crippen MR) is 49.4 cm³/mol. The van der Waals surface area contributed by atoms with Gasteiger partial charge in [0.1, 0.15) is 0 Å². The van der Waals surface area contributed by atoms with E-state index >= 15 is 0 Å². The van der Waals surface area contributed by atoms with Crippen LogP contribution < -0.4 is 0 Å². The summed E-state index contributed by atoms with van der Waals surface area (Å²) in [5, 5.41) is 0. The summed E-state index contributed by atoms with van der Waals surface area (Å²) in [5.74, 6) is 0. The maximum Gasteiger partial charge on any atom is 0.425 e. The average molecular weight is 372 g/mol. The predicted octanol–water partition coefficient (Wildman–Crippen LogP) is -2.85. The van der Waals surface area contributed by atoms with E-state index in [-0.39, 0.29) is 0 Å². The summed E-state index contributed by atoms with van der Waals surface area (Å²) >= 11 is 0. The van der Waals surface area contributed by atoms with Crippen LogP contribution in [0.25, 0.3) is 0 Å². The van der Waals surface area contributed by atoms with Crippen LogP contribution in [0, 0.1) is 0 Å². The van der Waals surface area contributed by atoms with Gasteiger partial charge >= 0.3 is 41.6 Å². The van der Waals surface area contributed by atoms with Crippen LogP contribution in [0.3, 0.4) is 0 Å². The first-order chi connectivity index (χ1) is 7.91. The lowest BCUT2D eigenvalue weighted by molar-refractivity contribution is -0.105. The van der Waals surface area contributed by atoms with Gasteiger partial charge in [-0.3, -0.25) is 18.2 Å². The molecular formula is H4O15S4. The molecule has 0 saturated carbocycles. The van der Waals surface area contributed by atoms with E-state index in [0.29, 0.717) is 0 Å². The molecule has 0 rings (SSSR count). The molecule has 0 aromatic carbocycles. The zero-order chi connectivity index (χ0) is 16.1. The van der Waals surface area contributed by atoms with Crippen molar-refractivity contribution in [2.24, 2.45) is 0 Å². The van der Waals surface area contributed by atoms with Gasteiger partial charge in [-0.15, -0.1) is 3.63 Å². The molecule has 0 aromatic rings. The Balaban J connectivity index is 0. The average Bonchev–Trinajstić information content (AvgIpc) is 1.91. The normalized spacial score (nSPS) is 13.5. The molecule has 19 heavy (non-hydrogen) atoms. The number of hydrogen-bond acceptors (Lipinski definition) is 11. The molecule has 15 nitrogen and oxygen atoms in total. The van der Waals surface area contributed by atoms with Crippen LogP contribution in [-0.4, -0.2) is 51.9 Å². The van der Waals surface area contributed by atoms with Gasteiger partial charge in [0.15, 0.2) is 0 Å². The van der Waals surface area contributed by atoms with Crippen molar-refractivity contribution in [2.45, 2.75) is 0 Å². The van der Waals surface area contributed by atoms with E-state index in [9.17, 15) is 33.7 Å². The van der Waals surface area contributed by atoms with Crippen molar-refractivity contribution in [3.05, 3.63) is 0 Å². The molecule has 0 aliphatic heterocycles. The van der Waals surface area contributed by atoms with E-state index in [4.69, 9.17) is 18.2 Å². The molecule has 0 bridgehead atoms. The highest BCUT2D eigenvalue weighted by Gasteiger charge is 2.15. The molecule has 0 atom stereocenters. The van der Waals surface area contributed by atoms with Gasteiger partial charge in [-0.1, -0.05) is 8.67 Å². The minimum atomic E-state index is -5.12. The first-order valence-corrected chi connectivity index (χ1v) is 8.36. The van der Waals surface area contributed by atoms with Gasteiger partial charge in [0.25, 0.3) is 0 Å². The smallest absolute Gasteiger partial charge is 0.263 e. The fourth-order valence-electron chi connectivity index (χ4n) is 0.179. The third-order valence-electron chi connectivity index (χ3n) is 0.372. The minimum Gasteiger partial charge on any atom is -0.263 e. The lowest BCUT2D eigenvalue weighted by Crippen LogP contribution is -2.10. The van der Waals surface area contributed by atoms with Crippen LogP contribution in [0.5, 0.6) is 0 Å². The van der Waals surface area contributed by atoms with Gasteiger partial charge < -0.3 is 0 Å². The minimum absolute atomic E-state index is 2.68. The molecule has 0 aliphatic carbocycles. The summed E-state index contributed by atoms with van der Waals surface area (Å²) in [7, 11) is -20.3. The Labute approximate surface area is 106 Å². The molecule has 4 N–H and O–H groups in total. The highest BCUT2D eigenvalue weighted by molar-refractivity contribution is 7.94. The second kappa shape index (κ2) is 6.80. The highest BCUT2D eigenvalue weighted by atomic mass is 32.3. The third kappa shape index (κ3) is 26.9. The second-order valence-electron chi connectivity index (χ2n) is 1.92. The number of rotatable bonds is 5. The first kappa shape index (κ1) is 20.8. The standard InChI is InChI=1S/H2O8S2.H2O7S2/c1-9(2,3)7-8-10(4,5)6;1-8(2,3)7-9(4,5)6/h(H,1,2,3)(H,4,5,6);(H,1,2,3)(H,4,5,6). The summed E-state index contributed by atoms with van der Waals surface area (Å²) in [6.07, 6.45) is 0. The topological polar surface area (TPSA) is 245 Å². The van der Waals surface area contributed by atoms with E-state index in [0.717, 1.165) is 0 Å². The van der Waals surface area contributed by atoms with Crippen molar-refractivity contribution in [2.75, 3.05) is 0 Å². The maximum atomic E-state index is 9.51. The fourth-order valence-corrected chi connectivity index (χ4v) is 1.61. The monoisotopic (exact) mass is 372 g/mol. The molecule has 0 aromatic heterocycles. The van der Waals surface area contributed by atoms with Crippen LogP contribution in [0.15, 0.2) is 0 Å². The Morgan fingerprint density at radius 2 is 0.684 bits per heavy atom. The Hall–Kier alpha value is -0.480. The van der Waals surface area contributed by atoms with E-state index in [1.54, 1.807) is 0 Å². The number of hydrogen-bond donors (Lipinski definition) is 4. The van der Waals surface area contributed by atoms with Gasteiger partial charge in [0.2, 0.25) is 0 Å². The molecular weight excluding hydrogens is 368 g/mol. The Kier molecular flexibility index (Phi) is 7.45. The zero-order valence-corrected chi connectivity index (χ0v) is 11.2. The molecule has 118 valence electrons. The van der Waals surface area contributed by atoms with Crippen molar-refractivity contribution >= 4 is 41.6 Å². The fraction of sp³-hybridized carbons (Fsp3) is 0. The lowest BCUT2D eigenvalue weighted by Gasteiger charge is -1.92. The maximum absolute atomic E-state index is 9.51. The molecule has 0 heterocycles. The molecule has 19 heteroatoms. The van der Waals surface area contributed by atoms with E-state index in [2.05, 4.69) is 12.3 Å². The van der Waals surface area contributed by atoms with Crippen LogP contribution in [0.4, 0.5) is 0 Å². The quantitative estimate of drug-likeness (QED) is 0.215. The summed E-state index contributed by atoms with van der Waals surface area (Å²) < 4.78 is 114. The summed E-state index contributed by atoms with van der Waals surface area (Å²) in [4.78, 5) is 0. The lowest BCUT2D eigenvalue weighted by atomic mass is 14.9. The molecule has 0 saturated heterocycles. The van der Waals surface area contributed by atoms with E-state index in [1.165, 1.54) is 0 Å². The van der Waals surface area contributed by atoms with Gasteiger partial charge in [-0.2, -0.15) is 33.7 Å². The van der Waals surface area contributed by atoms with E-state index < -0.39 is 41.6 Å². The van der Waals surface area contributed by atoms with Crippen molar-refractivity contribution in [3.8, 4) is 0 Å². The molecule has 0 radical (unpaired) electrons. The van der Waals surface area contributed by atoms with Crippen LogP contribution in [0.1, 0.15) is 0 Å². The summed E-state index contributed by atoms with van der Waals surface area (Å²) in [5.41, 5.74) is 0. The molecule has 0 spiro atoms. The van der Waals surface area contributed by atoms with Crippen LogP contribution in [-0.2, 0) is 53.9 Å². The van der Waals surface area contributed by atoms with Crippen molar-refractivity contribution < 1.29 is 64.2 Å². The Morgan fingerprint density at radius 3 is 0.737 bits per heavy atom. The van der Waals surface area contributed by atoms with Crippen molar-refractivity contribution in [3.63, 3.8) is 0 Å². The first-order valence-electron chi connectivity index (χ1n) is 2.90. The van der Waals surface area contributed by atoms with E-state index in [1.807, 2.05) is 0 Å². The van der Waals surface area contributed by atoms with Gasteiger partial charge in [-0.25, -0.2) is 0 Å². The van der Waals surface area contributed by atoms with Gasteiger partial charge in [0, 0.05) is 0 Å². The van der Waals surface area contributed by atoms with Crippen LogP contribution in [0.2, 0.25) is 0 Å². The van der Waals surface area contributed by atoms with Gasteiger partial charge in [0.05, 0.1) is 0 Å². The molecule has 0 amide bonds. The summed E-state index contributed by atoms with van der Waals surface area (Å²) in [6.45, 7) is 0. The SMILES string of the molecule is O=S(=O)(O)OOS(=O)(=O)O.O=S(=O)(O)OS(=O)(=O)O. The van der Waals surface area contributed by atoms with Crippen molar-refractivity contribution in [1.82, 2.24) is 0 Å². The Morgan fingerprint density at radius 1 is 0.474 bits per heavy atom. The zero-order valence-electron chi connectivity index (χ0n) is 7.91. The van der Waals surface area contributed by atoms with Crippen molar-refractivity contribution in [1.29, 1.82) is 0 Å². The highest BCUT2D eigenvalue weighted by Crippen LogP contribution is 1.92. The molecule has 0 fully saturated rings. The molecule has 0 aliphatic rings. The van der Waals surface area contributed by atoms with Crippen LogP contribution >= 0.6 is 0 Å². The summed E-state index contributed by atoms with van der Waals surface area (Å²) in [6, 6.07) is 0. The third-order valence-corrected chi connectivity index (χ3v) is 2.31. The second-order valence-corrected chi connectivity index (χ2v) is 6.15. The molecule has 0 unspecified atom stereocenters. The Bertz CT molecular complexity index is 601. The largest absolute Gasteiger partial charge is 0.425 e. The van der Waals surface area contributed by atoms with Gasteiger partial charge in [-0.05, 0) is 0 Å².